The van der Waals surface area contributed by atoms with Gasteiger partial charge in [-0.3, -0.25) is 0 Å². The van der Waals surface area contributed by atoms with E-state index in [1.807, 2.05) is 39.0 Å². The number of rotatable bonds is 2. The van der Waals surface area contributed by atoms with Crippen LogP contribution in [0, 0.1) is 26.6 Å². The van der Waals surface area contributed by atoms with E-state index in [1.165, 1.54) is 6.07 Å². The molecule has 0 spiro atoms. The van der Waals surface area contributed by atoms with E-state index in [1.54, 1.807) is 18.2 Å². The molecule has 110 valence electrons. The Hall–Kier alpha value is -2.62. The number of nitrogens with zero attached hydrogens (tertiary/aromatic N) is 3. The minimum absolute atomic E-state index is 0.286. The molecule has 2 aromatic heterocycles. The molecule has 3 rings (SSSR count). The van der Waals surface area contributed by atoms with E-state index in [9.17, 15) is 4.39 Å². The van der Waals surface area contributed by atoms with Crippen molar-refractivity contribution in [2.45, 2.75) is 20.8 Å². The molecule has 4 heteroatoms. The molecular weight excluding hydrogens is 277 g/mol. The van der Waals surface area contributed by atoms with Gasteiger partial charge >= 0.3 is 0 Å². The number of aromatic nitrogens is 3. The third-order valence-electron chi connectivity index (χ3n) is 3.44. The zero-order valence-electron chi connectivity index (χ0n) is 12.8. The van der Waals surface area contributed by atoms with Crippen molar-refractivity contribution >= 4 is 0 Å². The summed E-state index contributed by atoms with van der Waals surface area (Å²) >= 11 is 0. The highest BCUT2D eigenvalue weighted by Gasteiger charge is 2.12. The molecule has 0 aliphatic rings. The molecule has 0 aliphatic carbocycles. The standard InChI is InChI=1S/C18H16FN3/c1-11-8-9-16(14-6-4-5-7-15(14)19)22-17(11)18-20-12(2)10-13(3)21-18/h4-10H,1-3H3. The molecule has 0 unspecified atom stereocenters. The number of aryl methyl sites for hydroxylation is 3. The van der Waals surface area contributed by atoms with Crippen molar-refractivity contribution in [3.05, 3.63) is 65.2 Å². The summed E-state index contributed by atoms with van der Waals surface area (Å²) in [6.45, 7) is 5.80. The lowest BCUT2D eigenvalue weighted by molar-refractivity contribution is 0.630. The minimum atomic E-state index is -0.286. The smallest absolute Gasteiger partial charge is 0.178 e. The minimum Gasteiger partial charge on any atom is -0.244 e. The fraction of sp³-hybridized carbons (Fsp3) is 0.167. The number of hydrogen-bond donors (Lipinski definition) is 0. The Labute approximate surface area is 128 Å². The van der Waals surface area contributed by atoms with Gasteiger partial charge < -0.3 is 0 Å². The van der Waals surface area contributed by atoms with E-state index in [0.29, 0.717) is 22.8 Å². The lowest BCUT2D eigenvalue weighted by atomic mass is 10.1. The summed E-state index contributed by atoms with van der Waals surface area (Å²) in [6, 6.07) is 12.3. The third-order valence-corrected chi connectivity index (χ3v) is 3.44. The maximum atomic E-state index is 14.0. The molecule has 0 amide bonds. The van der Waals surface area contributed by atoms with Gasteiger partial charge in [0, 0.05) is 17.0 Å². The molecule has 0 bridgehead atoms. The first-order valence-corrected chi connectivity index (χ1v) is 7.10. The van der Waals surface area contributed by atoms with Crippen molar-refractivity contribution in [3.63, 3.8) is 0 Å². The van der Waals surface area contributed by atoms with Crippen molar-refractivity contribution in [2.24, 2.45) is 0 Å². The predicted molar refractivity (Wildman–Crippen MR) is 84.9 cm³/mol. The van der Waals surface area contributed by atoms with Gasteiger partial charge in [-0.2, -0.15) is 0 Å². The fourth-order valence-electron chi connectivity index (χ4n) is 2.41. The van der Waals surface area contributed by atoms with Gasteiger partial charge in [0.05, 0.1) is 5.69 Å². The number of hydrogen-bond acceptors (Lipinski definition) is 3. The molecule has 3 aromatic rings. The van der Waals surface area contributed by atoms with Crippen LogP contribution in [0.25, 0.3) is 22.8 Å². The Morgan fingerprint density at radius 1 is 0.818 bits per heavy atom. The van der Waals surface area contributed by atoms with E-state index in [4.69, 9.17) is 0 Å². The molecule has 0 saturated carbocycles. The summed E-state index contributed by atoms with van der Waals surface area (Å²) in [5.74, 6) is 0.291. The first kappa shape index (κ1) is 14.3. The van der Waals surface area contributed by atoms with Crippen LogP contribution in [0.15, 0.2) is 42.5 Å². The van der Waals surface area contributed by atoms with Crippen LogP contribution in [-0.4, -0.2) is 15.0 Å². The SMILES string of the molecule is Cc1cc(C)nc(-c2nc(-c3ccccc3F)ccc2C)n1. The Morgan fingerprint density at radius 3 is 2.18 bits per heavy atom. The molecule has 1 aromatic carbocycles. The van der Waals surface area contributed by atoms with Crippen molar-refractivity contribution in [1.29, 1.82) is 0 Å². The lowest BCUT2D eigenvalue weighted by Crippen LogP contribution is -2.00. The van der Waals surface area contributed by atoms with Crippen LogP contribution in [-0.2, 0) is 0 Å². The zero-order chi connectivity index (χ0) is 15.7. The van der Waals surface area contributed by atoms with E-state index >= 15 is 0 Å². The maximum Gasteiger partial charge on any atom is 0.178 e. The van der Waals surface area contributed by atoms with Crippen LogP contribution in [0.5, 0.6) is 0 Å². The topological polar surface area (TPSA) is 38.7 Å². The monoisotopic (exact) mass is 293 g/mol. The van der Waals surface area contributed by atoms with Gasteiger partial charge in [0.1, 0.15) is 11.5 Å². The van der Waals surface area contributed by atoms with E-state index in [0.717, 1.165) is 17.0 Å². The quantitative estimate of drug-likeness (QED) is 0.708. The van der Waals surface area contributed by atoms with E-state index < -0.39 is 0 Å². The molecular formula is C18H16FN3. The number of halogens is 1. The highest BCUT2D eigenvalue weighted by atomic mass is 19.1. The van der Waals surface area contributed by atoms with Crippen LogP contribution in [0.2, 0.25) is 0 Å². The highest BCUT2D eigenvalue weighted by Crippen LogP contribution is 2.25. The lowest BCUT2D eigenvalue weighted by Gasteiger charge is -2.09. The summed E-state index contributed by atoms with van der Waals surface area (Å²) in [6.07, 6.45) is 0. The van der Waals surface area contributed by atoms with Crippen LogP contribution in [0.4, 0.5) is 4.39 Å². The average molecular weight is 293 g/mol. The van der Waals surface area contributed by atoms with Gasteiger partial charge in [0.25, 0.3) is 0 Å². The second-order valence-corrected chi connectivity index (χ2v) is 5.32. The molecule has 2 heterocycles. The van der Waals surface area contributed by atoms with Crippen LogP contribution >= 0.6 is 0 Å². The second-order valence-electron chi connectivity index (χ2n) is 5.32. The normalized spacial score (nSPS) is 10.7. The molecule has 0 radical (unpaired) electrons. The van der Waals surface area contributed by atoms with Crippen LogP contribution in [0.1, 0.15) is 17.0 Å². The van der Waals surface area contributed by atoms with Crippen LogP contribution < -0.4 is 0 Å². The second kappa shape index (κ2) is 5.64. The summed E-state index contributed by atoms with van der Waals surface area (Å²) in [5, 5.41) is 0. The van der Waals surface area contributed by atoms with Gasteiger partial charge in [-0.1, -0.05) is 18.2 Å². The third kappa shape index (κ3) is 2.72. The molecule has 0 saturated heterocycles. The summed E-state index contributed by atoms with van der Waals surface area (Å²) < 4.78 is 14.0. The maximum absolute atomic E-state index is 14.0. The number of pyridine rings is 1. The van der Waals surface area contributed by atoms with Crippen molar-refractivity contribution < 1.29 is 4.39 Å². The van der Waals surface area contributed by atoms with Gasteiger partial charge in [-0.25, -0.2) is 19.3 Å². The van der Waals surface area contributed by atoms with E-state index in [2.05, 4.69) is 15.0 Å². The first-order valence-electron chi connectivity index (χ1n) is 7.10. The molecule has 3 nitrogen and oxygen atoms in total. The predicted octanol–water partition coefficient (Wildman–Crippen LogP) is 4.27. The van der Waals surface area contributed by atoms with Crippen LogP contribution in [0.3, 0.4) is 0 Å². The van der Waals surface area contributed by atoms with Gasteiger partial charge in [-0.15, -0.1) is 0 Å². The Morgan fingerprint density at radius 2 is 1.50 bits per heavy atom. The van der Waals surface area contributed by atoms with Gasteiger partial charge in [0.2, 0.25) is 0 Å². The summed E-state index contributed by atoms with van der Waals surface area (Å²) in [5.41, 5.74) is 4.49. The average Bonchev–Trinajstić information content (AvgIpc) is 2.47. The Bertz CT molecular complexity index is 823. The molecule has 0 aliphatic heterocycles. The molecule has 0 fully saturated rings. The summed E-state index contributed by atoms with van der Waals surface area (Å²) in [4.78, 5) is 13.5. The van der Waals surface area contributed by atoms with Gasteiger partial charge in [0.15, 0.2) is 5.82 Å². The largest absolute Gasteiger partial charge is 0.244 e. The highest BCUT2D eigenvalue weighted by molar-refractivity contribution is 5.65. The summed E-state index contributed by atoms with van der Waals surface area (Å²) in [7, 11) is 0. The molecule has 22 heavy (non-hydrogen) atoms. The van der Waals surface area contributed by atoms with Crippen molar-refractivity contribution in [2.75, 3.05) is 0 Å². The van der Waals surface area contributed by atoms with Crippen molar-refractivity contribution in [1.82, 2.24) is 15.0 Å². The molecule has 0 N–H and O–H groups in total. The number of benzene rings is 1. The Kier molecular flexibility index (Phi) is 3.67. The molecule has 0 atom stereocenters. The van der Waals surface area contributed by atoms with Crippen molar-refractivity contribution in [3.8, 4) is 22.8 Å². The first-order chi connectivity index (χ1) is 10.5. The Balaban J connectivity index is 2.17. The zero-order valence-corrected chi connectivity index (χ0v) is 12.8. The van der Waals surface area contributed by atoms with Gasteiger partial charge in [-0.05, 0) is 50.6 Å². The fourth-order valence-corrected chi connectivity index (χ4v) is 2.41. The van der Waals surface area contributed by atoms with E-state index in [-0.39, 0.29) is 5.82 Å².